The highest BCUT2D eigenvalue weighted by Gasteiger charge is 2.14. The summed E-state index contributed by atoms with van der Waals surface area (Å²) < 4.78 is 14.2. The molecule has 0 spiro atoms. The molecular weight excluding hydrogens is 305 g/mol. The molecule has 2 rings (SSSR count). The van der Waals surface area contributed by atoms with Gasteiger partial charge in [-0.3, -0.25) is 4.79 Å². The highest BCUT2D eigenvalue weighted by Crippen LogP contribution is 2.21. The van der Waals surface area contributed by atoms with Crippen molar-refractivity contribution in [2.24, 2.45) is 0 Å². The first kappa shape index (κ1) is 18.5. The third kappa shape index (κ3) is 4.71. The Labute approximate surface area is 137 Å². The minimum absolute atomic E-state index is 0. The lowest BCUT2D eigenvalue weighted by molar-refractivity contribution is -0.117. The Morgan fingerprint density at radius 2 is 2.09 bits per heavy atom. The molecule has 0 aromatic heterocycles. The summed E-state index contributed by atoms with van der Waals surface area (Å²) >= 11 is 0. The number of hydrogen-bond acceptors (Lipinski definition) is 3. The van der Waals surface area contributed by atoms with Crippen LogP contribution in [0.3, 0.4) is 0 Å². The minimum Gasteiger partial charge on any atom is -0.367 e. The molecule has 0 atom stereocenters. The van der Waals surface area contributed by atoms with Gasteiger partial charge in [0.15, 0.2) is 0 Å². The Bertz CT molecular complexity index is 542. The summed E-state index contributed by atoms with van der Waals surface area (Å²) in [6.45, 7) is 7.28. The van der Waals surface area contributed by atoms with E-state index in [0.29, 0.717) is 17.8 Å². The number of carbonyl (C=O) groups excluding carboxylic acids is 1. The summed E-state index contributed by atoms with van der Waals surface area (Å²) in [6.07, 6.45) is 1.75. The molecule has 0 aliphatic carbocycles. The molecule has 1 amide bonds. The van der Waals surface area contributed by atoms with E-state index in [9.17, 15) is 9.18 Å². The average Bonchev–Trinajstić information content (AvgIpc) is 2.52. The van der Waals surface area contributed by atoms with Crippen LogP contribution in [-0.4, -0.2) is 32.1 Å². The summed E-state index contributed by atoms with van der Waals surface area (Å²) in [5, 5.41) is 6.03. The van der Waals surface area contributed by atoms with E-state index in [1.807, 2.05) is 17.9 Å². The van der Waals surface area contributed by atoms with Gasteiger partial charge < -0.3 is 15.5 Å². The fraction of sp³-hybridized carbons (Fsp3) is 0.438. The molecule has 0 bridgehead atoms. The van der Waals surface area contributed by atoms with Crippen molar-refractivity contribution in [3.8, 4) is 0 Å². The summed E-state index contributed by atoms with van der Waals surface area (Å²) in [7, 11) is 0. The van der Waals surface area contributed by atoms with Crippen LogP contribution in [0.5, 0.6) is 0 Å². The van der Waals surface area contributed by atoms with Gasteiger partial charge in [-0.2, -0.15) is 0 Å². The first-order valence-electron chi connectivity index (χ1n) is 7.27. The Morgan fingerprint density at radius 3 is 2.68 bits per heavy atom. The molecule has 6 heteroatoms. The minimum atomic E-state index is -0.230. The Kier molecular flexibility index (Phi) is 7.35. The van der Waals surface area contributed by atoms with Gasteiger partial charge in [-0.15, -0.1) is 12.4 Å². The van der Waals surface area contributed by atoms with Gasteiger partial charge in [-0.1, -0.05) is 12.1 Å². The van der Waals surface area contributed by atoms with Crippen molar-refractivity contribution in [3.63, 3.8) is 0 Å². The van der Waals surface area contributed by atoms with Crippen LogP contribution in [0.25, 0.3) is 0 Å². The van der Waals surface area contributed by atoms with Crippen LogP contribution < -0.4 is 15.5 Å². The fourth-order valence-corrected chi connectivity index (χ4v) is 2.28. The van der Waals surface area contributed by atoms with Gasteiger partial charge in [0.2, 0.25) is 5.91 Å². The van der Waals surface area contributed by atoms with Gasteiger partial charge in [-0.05, 0) is 31.5 Å². The Morgan fingerprint density at radius 1 is 1.41 bits per heavy atom. The van der Waals surface area contributed by atoms with Crippen LogP contribution in [0, 0.1) is 5.82 Å². The molecule has 0 unspecified atom stereocenters. The largest absolute Gasteiger partial charge is 0.367 e. The van der Waals surface area contributed by atoms with E-state index < -0.39 is 0 Å². The predicted molar refractivity (Wildman–Crippen MR) is 90.0 cm³/mol. The van der Waals surface area contributed by atoms with Crippen LogP contribution in [0.4, 0.5) is 10.1 Å². The second-order valence-corrected chi connectivity index (χ2v) is 5.18. The number of piperazine rings is 1. The predicted octanol–water partition coefficient (Wildman–Crippen LogP) is 2.24. The zero-order valence-electron chi connectivity index (χ0n) is 13.0. The third-order valence-corrected chi connectivity index (χ3v) is 3.71. The van der Waals surface area contributed by atoms with Crippen molar-refractivity contribution in [2.45, 2.75) is 20.4 Å². The maximum Gasteiger partial charge on any atom is 0.246 e. The molecule has 0 saturated carbocycles. The topological polar surface area (TPSA) is 44.4 Å². The van der Waals surface area contributed by atoms with Crippen molar-refractivity contribution >= 4 is 24.0 Å². The van der Waals surface area contributed by atoms with Gasteiger partial charge >= 0.3 is 0 Å². The van der Waals surface area contributed by atoms with Gasteiger partial charge in [0, 0.05) is 38.3 Å². The zero-order chi connectivity index (χ0) is 15.2. The number of amides is 1. The van der Waals surface area contributed by atoms with Crippen molar-refractivity contribution in [1.82, 2.24) is 10.6 Å². The molecule has 122 valence electrons. The van der Waals surface area contributed by atoms with Crippen LogP contribution >= 0.6 is 12.4 Å². The van der Waals surface area contributed by atoms with Crippen molar-refractivity contribution in [1.29, 1.82) is 0 Å². The molecule has 4 nitrogen and oxygen atoms in total. The van der Waals surface area contributed by atoms with E-state index in [1.165, 1.54) is 6.07 Å². The molecule has 1 aromatic rings. The first-order valence-corrected chi connectivity index (χ1v) is 7.27. The number of halogens is 2. The normalized spacial score (nSPS) is 15.2. The molecule has 1 saturated heterocycles. The number of carbonyl (C=O) groups is 1. The lowest BCUT2D eigenvalue weighted by atomic mass is 10.1. The highest BCUT2D eigenvalue weighted by molar-refractivity contribution is 5.92. The molecule has 1 aromatic carbocycles. The first-order chi connectivity index (χ1) is 10.1. The molecular formula is C16H23ClFN3O. The zero-order valence-corrected chi connectivity index (χ0v) is 13.8. The third-order valence-electron chi connectivity index (χ3n) is 3.71. The lowest BCUT2D eigenvalue weighted by Crippen LogP contribution is -2.43. The molecule has 22 heavy (non-hydrogen) atoms. The quantitative estimate of drug-likeness (QED) is 0.834. The Hall–Kier alpha value is -1.59. The van der Waals surface area contributed by atoms with Gasteiger partial charge in [0.05, 0.1) is 5.69 Å². The van der Waals surface area contributed by atoms with Gasteiger partial charge in [0.1, 0.15) is 5.82 Å². The summed E-state index contributed by atoms with van der Waals surface area (Å²) in [4.78, 5) is 13.7. The fourth-order valence-electron chi connectivity index (χ4n) is 2.28. The summed E-state index contributed by atoms with van der Waals surface area (Å²) in [6, 6.07) is 5.17. The number of allylic oxidation sites excluding steroid dienone is 1. The second-order valence-electron chi connectivity index (χ2n) is 5.18. The number of nitrogens with one attached hydrogen (secondary N) is 2. The van der Waals surface area contributed by atoms with E-state index in [4.69, 9.17) is 0 Å². The van der Waals surface area contributed by atoms with Crippen LogP contribution in [0.15, 0.2) is 29.8 Å². The van der Waals surface area contributed by atoms with Crippen LogP contribution in [0.1, 0.15) is 19.4 Å². The van der Waals surface area contributed by atoms with Crippen molar-refractivity contribution in [3.05, 3.63) is 41.2 Å². The van der Waals surface area contributed by atoms with E-state index in [2.05, 4.69) is 10.6 Å². The summed E-state index contributed by atoms with van der Waals surface area (Å²) in [5.74, 6) is -0.351. The SMILES string of the molecule is CC=C(C)C(=O)NCc1ccc(N2CCNCC2)c(F)c1.Cl. The van der Waals surface area contributed by atoms with Crippen molar-refractivity contribution in [2.75, 3.05) is 31.1 Å². The number of rotatable bonds is 4. The molecule has 1 aliphatic heterocycles. The number of benzene rings is 1. The lowest BCUT2D eigenvalue weighted by Gasteiger charge is -2.29. The van der Waals surface area contributed by atoms with E-state index in [1.54, 1.807) is 19.1 Å². The smallest absolute Gasteiger partial charge is 0.246 e. The molecule has 1 heterocycles. The van der Waals surface area contributed by atoms with Gasteiger partial charge in [0.25, 0.3) is 0 Å². The molecule has 0 radical (unpaired) electrons. The van der Waals surface area contributed by atoms with Crippen LogP contribution in [-0.2, 0) is 11.3 Å². The maximum absolute atomic E-state index is 14.2. The van der Waals surface area contributed by atoms with E-state index in [-0.39, 0.29) is 24.1 Å². The van der Waals surface area contributed by atoms with E-state index in [0.717, 1.165) is 31.7 Å². The van der Waals surface area contributed by atoms with Gasteiger partial charge in [-0.25, -0.2) is 4.39 Å². The summed E-state index contributed by atoms with van der Waals surface area (Å²) in [5.41, 5.74) is 2.06. The molecule has 1 aliphatic rings. The Balaban J connectivity index is 0.00000242. The highest BCUT2D eigenvalue weighted by atomic mass is 35.5. The standard InChI is InChI=1S/C16H22FN3O.ClH/c1-3-12(2)16(21)19-11-13-4-5-15(14(17)10-13)20-8-6-18-7-9-20;/h3-5,10,18H,6-9,11H2,1-2H3,(H,19,21);1H. The number of anilines is 1. The van der Waals surface area contributed by atoms with Crippen LogP contribution in [0.2, 0.25) is 0 Å². The molecule has 1 fully saturated rings. The van der Waals surface area contributed by atoms with Crippen molar-refractivity contribution < 1.29 is 9.18 Å². The second kappa shape index (κ2) is 8.76. The monoisotopic (exact) mass is 327 g/mol. The number of nitrogens with zero attached hydrogens (tertiary/aromatic N) is 1. The molecule has 2 N–H and O–H groups in total. The van der Waals surface area contributed by atoms with E-state index >= 15 is 0 Å². The maximum atomic E-state index is 14.2. The average molecular weight is 328 g/mol. The number of hydrogen-bond donors (Lipinski definition) is 2.